The van der Waals surface area contributed by atoms with E-state index in [4.69, 9.17) is 9.97 Å². The maximum absolute atomic E-state index is 13.6. The number of nitrogens with zero attached hydrogens (tertiary/aromatic N) is 6. The number of phenolic OH excluding ortho intramolecular Hbond substituents is 1. The van der Waals surface area contributed by atoms with E-state index in [1.54, 1.807) is 18.2 Å². The highest BCUT2D eigenvalue weighted by molar-refractivity contribution is 6.23. The number of aryl methyl sites for hydroxylation is 1. The van der Waals surface area contributed by atoms with Crippen LogP contribution in [0.5, 0.6) is 5.75 Å². The molecule has 5 amide bonds. The van der Waals surface area contributed by atoms with Crippen LogP contribution in [-0.2, 0) is 33.9 Å². The van der Waals surface area contributed by atoms with E-state index in [2.05, 4.69) is 51.5 Å². The van der Waals surface area contributed by atoms with Gasteiger partial charge in [-0.05, 0) is 108 Å². The van der Waals surface area contributed by atoms with E-state index in [9.17, 15) is 29.1 Å². The van der Waals surface area contributed by atoms with Gasteiger partial charge in [0, 0.05) is 51.6 Å². The van der Waals surface area contributed by atoms with Crippen molar-refractivity contribution in [1.82, 2.24) is 30.0 Å². The van der Waals surface area contributed by atoms with E-state index in [1.807, 2.05) is 23.4 Å². The van der Waals surface area contributed by atoms with E-state index in [1.165, 1.54) is 16.7 Å². The monoisotopic (exact) mass is 793 g/mol. The number of piperidine rings is 3. The summed E-state index contributed by atoms with van der Waals surface area (Å²) in [6.45, 7) is 4.50. The third-order valence-electron chi connectivity index (χ3n) is 14.0. The Labute approximate surface area is 342 Å². The summed E-state index contributed by atoms with van der Waals surface area (Å²) in [7, 11) is 0. The molecule has 6 heterocycles. The second kappa shape index (κ2) is 14.7. The van der Waals surface area contributed by atoms with Crippen molar-refractivity contribution in [3.05, 3.63) is 118 Å². The van der Waals surface area contributed by atoms with Crippen LogP contribution >= 0.6 is 0 Å². The van der Waals surface area contributed by atoms with Crippen molar-refractivity contribution < 1.29 is 29.1 Å². The van der Waals surface area contributed by atoms with Crippen LogP contribution in [0.3, 0.4) is 0 Å². The molecule has 6 aliphatic rings. The lowest BCUT2D eigenvalue weighted by Gasteiger charge is -2.47. The van der Waals surface area contributed by atoms with Crippen LogP contribution in [-0.4, -0.2) is 98.1 Å². The van der Waals surface area contributed by atoms with Gasteiger partial charge < -0.3 is 14.9 Å². The van der Waals surface area contributed by atoms with Gasteiger partial charge >= 0.3 is 0 Å². The third-order valence-corrected chi connectivity index (χ3v) is 14.0. The van der Waals surface area contributed by atoms with Crippen LogP contribution in [0, 0.1) is 5.41 Å². The van der Waals surface area contributed by atoms with E-state index in [-0.39, 0.29) is 53.7 Å². The molecule has 1 aromatic heterocycles. The minimum absolute atomic E-state index is 0.0543. The summed E-state index contributed by atoms with van der Waals surface area (Å²) in [5.74, 6) is -0.450. The second-order valence-electron chi connectivity index (χ2n) is 17.3. The second-order valence-corrected chi connectivity index (χ2v) is 17.3. The molecule has 3 aromatic carbocycles. The molecule has 302 valence electrons. The van der Waals surface area contributed by atoms with Crippen molar-refractivity contribution in [2.24, 2.45) is 5.41 Å². The predicted octanol–water partition coefficient (Wildman–Crippen LogP) is 4.67. The zero-order valence-electron chi connectivity index (χ0n) is 32.9. The molecule has 10 rings (SSSR count). The Morgan fingerprint density at radius 1 is 0.780 bits per heavy atom. The van der Waals surface area contributed by atoms with Crippen molar-refractivity contribution >= 4 is 35.4 Å². The van der Waals surface area contributed by atoms with Crippen LogP contribution in [0.15, 0.2) is 73.1 Å². The first kappa shape index (κ1) is 37.3. The number of carbonyl (C=O) groups excluding carboxylic acids is 5. The van der Waals surface area contributed by atoms with Gasteiger partial charge in [-0.25, -0.2) is 4.98 Å². The summed E-state index contributed by atoms with van der Waals surface area (Å²) in [6.07, 6.45) is 9.98. The lowest BCUT2D eigenvalue weighted by atomic mass is 9.70. The zero-order valence-corrected chi connectivity index (χ0v) is 32.9. The number of amides is 5. The quantitative estimate of drug-likeness (QED) is 0.263. The van der Waals surface area contributed by atoms with Crippen molar-refractivity contribution in [2.75, 3.05) is 37.6 Å². The fraction of sp³-hybridized carbons (Fsp3) is 0.413. The topological polar surface area (TPSA) is 156 Å². The fourth-order valence-corrected chi connectivity index (χ4v) is 10.7. The fourth-order valence-electron chi connectivity index (χ4n) is 10.7. The Balaban J connectivity index is 0.732. The number of rotatable bonds is 6. The largest absolute Gasteiger partial charge is 0.508 e. The van der Waals surface area contributed by atoms with Gasteiger partial charge in [-0.2, -0.15) is 0 Å². The van der Waals surface area contributed by atoms with Gasteiger partial charge in [0.1, 0.15) is 17.6 Å². The maximum atomic E-state index is 13.6. The molecule has 13 heteroatoms. The Morgan fingerprint density at radius 3 is 2.14 bits per heavy atom. The molecule has 0 radical (unpaired) electrons. The number of phenols is 1. The van der Waals surface area contributed by atoms with Crippen LogP contribution in [0.25, 0.3) is 0 Å². The molecule has 1 aliphatic carbocycles. The number of likely N-dealkylation sites (tertiary alicyclic amines) is 1. The first-order valence-corrected chi connectivity index (χ1v) is 20.9. The number of imide groups is 2. The summed E-state index contributed by atoms with van der Waals surface area (Å²) < 4.78 is 0. The lowest BCUT2D eigenvalue weighted by molar-refractivity contribution is -0.137. The van der Waals surface area contributed by atoms with Gasteiger partial charge in [0.2, 0.25) is 17.7 Å². The molecule has 3 atom stereocenters. The molecule has 0 saturated carbocycles. The number of anilines is 1. The predicted molar refractivity (Wildman–Crippen MR) is 216 cm³/mol. The third kappa shape index (κ3) is 6.74. The first-order chi connectivity index (χ1) is 28.6. The first-order valence-electron chi connectivity index (χ1n) is 20.9. The number of benzene rings is 3. The lowest BCUT2D eigenvalue weighted by Crippen LogP contribution is -2.54. The molecule has 0 bridgehead atoms. The number of hydrogen-bond donors (Lipinski definition) is 2. The zero-order chi connectivity index (χ0) is 40.4. The summed E-state index contributed by atoms with van der Waals surface area (Å²) in [5.41, 5.74) is 7.18. The molecule has 13 nitrogen and oxygen atoms in total. The van der Waals surface area contributed by atoms with Gasteiger partial charge in [-0.3, -0.25) is 44.1 Å². The van der Waals surface area contributed by atoms with Crippen molar-refractivity contribution in [1.29, 1.82) is 0 Å². The number of fused-ring (bicyclic) bond motifs is 3. The molecule has 2 N–H and O–H groups in total. The number of aromatic hydroxyl groups is 1. The van der Waals surface area contributed by atoms with Crippen molar-refractivity contribution in [2.45, 2.75) is 82.3 Å². The number of hydrogen-bond acceptors (Lipinski definition) is 10. The number of carbonyl (C=O) groups is 5. The highest BCUT2D eigenvalue weighted by Crippen LogP contribution is 2.47. The molecular formula is C46H47N7O6. The highest BCUT2D eigenvalue weighted by atomic mass is 16.3. The highest BCUT2D eigenvalue weighted by Gasteiger charge is 2.46. The van der Waals surface area contributed by atoms with E-state index < -0.39 is 29.7 Å². The van der Waals surface area contributed by atoms with E-state index in [0.717, 1.165) is 92.2 Å². The summed E-state index contributed by atoms with van der Waals surface area (Å²) in [5, 5.41) is 12.4. The molecular weight excluding hydrogens is 747 g/mol. The Kier molecular flexibility index (Phi) is 9.30. The van der Waals surface area contributed by atoms with Crippen LogP contribution in [0.2, 0.25) is 0 Å². The molecule has 1 spiro atoms. The molecule has 59 heavy (non-hydrogen) atoms. The van der Waals surface area contributed by atoms with E-state index >= 15 is 0 Å². The van der Waals surface area contributed by atoms with Gasteiger partial charge in [0.25, 0.3) is 11.8 Å². The Morgan fingerprint density at radius 2 is 1.47 bits per heavy atom. The number of aromatic nitrogens is 2. The van der Waals surface area contributed by atoms with Crippen LogP contribution < -0.4 is 10.2 Å². The van der Waals surface area contributed by atoms with Crippen molar-refractivity contribution in [3.63, 3.8) is 0 Å². The summed E-state index contributed by atoms with van der Waals surface area (Å²) >= 11 is 0. The van der Waals surface area contributed by atoms with Gasteiger partial charge in [0.05, 0.1) is 35.8 Å². The van der Waals surface area contributed by atoms with Gasteiger partial charge in [-0.15, -0.1) is 0 Å². The van der Waals surface area contributed by atoms with Crippen LogP contribution in [0.1, 0.15) is 111 Å². The number of nitrogens with one attached hydrogen (secondary N) is 1. The van der Waals surface area contributed by atoms with Crippen LogP contribution in [0.4, 0.5) is 5.82 Å². The molecule has 3 fully saturated rings. The molecule has 3 saturated heterocycles. The SMILES string of the molecule is O=C1CCC(N2C(=O)c3cc4c(cc3C2=O)CN(CC(=O)N2CCC3(CC2)CCN(c2cnc([C@@H]5c6ccc(O)cc6CC[C@@H]5c5ccccc5)cn2)CC3)C4)C(=O)N1. The average Bonchev–Trinajstić information content (AvgIpc) is 3.75. The summed E-state index contributed by atoms with van der Waals surface area (Å²) in [4.78, 5) is 81.7. The van der Waals surface area contributed by atoms with E-state index in [0.29, 0.717) is 18.8 Å². The standard InChI is InChI=1S/C46H47N7O6/c54-32-7-9-34-29(20-32)6-8-33(28-4-2-1-3-5-28)42(34)37-23-48-39(24-47-37)51-16-12-46(13-17-51)14-18-52(19-15-46)41(56)27-50-25-30-21-35-36(22-31(30)26-50)45(59)53(44(35)58)38-10-11-40(55)49-43(38)57/h1-5,7,9,20-24,33,38,42,54H,6,8,10-19,25-27H2,(H,49,55,57)/t33-,38?,42+/m1/s1. The Hall–Kier alpha value is -5.95. The van der Waals surface area contributed by atoms with Crippen molar-refractivity contribution in [3.8, 4) is 5.75 Å². The minimum Gasteiger partial charge on any atom is -0.508 e. The smallest absolute Gasteiger partial charge is 0.262 e. The van der Waals surface area contributed by atoms with Gasteiger partial charge in [-0.1, -0.05) is 36.4 Å². The van der Waals surface area contributed by atoms with Gasteiger partial charge in [0.15, 0.2) is 0 Å². The minimum atomic E-state index is -0.995. The molecule has 4 aromatic rings. The maximum Gasteiger partial charge on any atom is 0.262 e. The molecule has 5 aliphatic heterocycles. The normalized spacial score (nSPS) is 23.9. The molecule has 1 unspecified atom stereocenters. The summed E-state index contributed by atoms with van der Waals surface area (Å²) in [6, 6.07) is 18.8. The Bertz CT molecular complexity index is 2320. The average molecular weight is 794 g/mol.